The largest absolute Gasteiger partial charge is 0.368 e. The summed E-state index contributed by atoms with van der Waals surface area (Å²) in [5, 5.41) is 6.40. The summed E-state index contributed by atoms with van der Waals surface area (Å²) in [5.41, 5.74) is 4.08. The minimum Gasteiger partial charge on any atom is -0.368 e. The minimum absolute atomic E-state index is 0.930. The Morgan fingerprint density at radius 3 is 2.57 bits per heavy atom. The first-order valence-corrected chi connectivity index (χ1v) is 8.29. The van der Waals surface area contributed by atoms with Gasteiger partial charge in [0, 0.05) is 50.0 Å². The van der Waals surface area contributed by atoms with Crippen LogP contribution in [0, 0.1) is 6.92 Å². The highest BCUT2D eigenvalue weighted by molar-refractivity contribution is 7.13. The molecular formula is C16H22N4S. The van der Waals surface area contributed by atoms with Crippen LogP contribution in [0.3, 0.4) is 0 Å². The monoisotopic (exact) mass is 302 g/mol. The highest BCUT2D eigenvalue weighted by Crippen LogP contribution is 2.25. The van der Waals surface area contributed by atoms with Gasteiger partial charge in [-0.15, -0.1) is 11.3 Å². The second kappa shape index (κ2) is 6.45. The van der Waals surface area contributed by atoms with E-state index in [1.54, 1.807) is 11.3 Å². The fourth-order valence-electron chi connectivity index (χ4n) is 2.90. The van der Waals surface area contributed by atoms with Crippen molar-refractivity contribution in [2.75, 3.05) is 43.0 Å². The summed E-state index contributed by atoms with van der Waals surface area (Å²) in [5.74, 6) is 0. The molecule has 2 heterocycles. The molecule has 1 aromatic heterocycles. The van der Waals surface area contributed by atoms with E-state index < -0.39 is 0 Å². The van der Waals surface area contributed by atoms with Gasteiger partial charge in [0.05, 0.1) is 0 Å². The van der Waals surface area contributed by atoms with E-state index in [0.717, 1.165) is 37.9 Å². The Kier molecular flexibility index (Phi) is 4.41. The topological polar surface area (TPSA) is 31.4 Å². The lowest BCUT2D eigenvalue weighted by Crippen LogP contribution is -2.46. The van der Waals surface area contributed by atoms with Crippen LogP contribution in [0.4, 0.5) is 10.8 Å². The fraction of sp³-hybridized carbons (Fsp3) is 0.438. The van der Waals surface area contributed by atoms with Crippen LogP contribution in [0.5, 0.6) is 0 Å². The van der Waals surface area contributed by atoms with Crippen LogP contribution in [0.2, 0.25) is 0 Å². The average Bonchev–Trinajstić information content (AvgIpc) is 3.02. The fourth-order valence-corrected chi connectivity index (χ4v) is 3.59. The van der Waals surface area contributed by atoms with E-state index in [9.17, 15) is 0 Å². The van der Waals surface area contributed by atoms with E-state index in [2.05, 4.69) is 45.2 Å². The van der Waals surface area contributed by atoms with Crippen molar-refractivity contribution < 1.29 is 0 Å². The van der Waals surface area contributed by atoms with Gasteiger partial charge in [0.15, 0.2) is 5.13 Å². The zero-order chi connectivity index (χ0) is 14.7. The Hall–Kier alpha value is -1.59. The van der Waals surface area contributed by atoms with Crippen molar-refractivity contribution >= 4 is 22.2 Å². The van der Waals surface area contributed by atoms with E-state index in [1.165, 1.54) is 16.8 Å². The molecule has 0 aliphatic carbocycles. The smallest absolute Gasteiger partial charge is 0.185 e. The number of benzene rings is 1. The number of thiazole rings is 1. The summed E-state index contributed by atoms with van der Waals surface area (Å²) in [6, 6.07) is 6.78. The maximum atomic E-state index is 4.41. The third kappa shape index (κ3) is 3.19. The molecule has 1 N–H and O–H groups in total. The van der Waals surface area contributed by atoms with Gasteiger partial charge in [0.1, 0.15) is 0 Å². The third-order valence-corrected chi connectivity index (χ3v) is 4.78. The highest BCUT2D eigenvalue weighted by Gasteiger charge is 2.19. The summed E-state index contributed by atoms with van der Waals surface area (Å²) >= 11 is 1.73. The predicted molar refractivity (Wildman–Crippen MR) is 90.5 cm³/mol. The molecule has 21 heavy (non-hydrogen) atoms. The molecule has 0 atom stereocenters. The second-order valence-corrected chi connectivity index (χ2v) is 6.31. The lowest BCUT2D eigenvalue weighted by Gasteiger charge is -2.36. The first-order valence-electron chi connectivity index (χ1n) is 7.41. The Bertz CT molecular complexity index is 574. The molecule has 2 aromatic rings. The number of aryl methyl sites for hydroxylation is 1. The van der Waals surface area contributed by atoms with Gasteiger partial charge in [-0.1, -0.05) is 12.1 Å². The zero-order valence-electron chi connectivity index (χ0n) is 12.7. The molecule has 0 bridgehead atoms. The molecule has 0 saturated carbocycles. The zero-order valence-corrected chi connectivity index (χ0v) is 13.5. The molecule has 0 unspecified atom stereocenters. The standard InChI is InChI=1S/C16H22N4S/c1-13-11-14(12-17-2)3-4-15(13)19-6-8-20(9-7-19)16-18-5-10-21-16/h3-5,10-11,17H,6-9,12H2,1-2H3. The molecule has 3 rings (SSSR count). The van der Waals surface area contributed by atoms with Crippen LogP contribution in [-0.4, -0.2) is 38.2 Å². The Labute approximate surface area is 130 Å². The Morgan fingerprint density at radius 1 is 1.19 bits per heavy atom. The van der Waals surface area contributed by atoms with Crippen LogP contribution in [0.25, 0.3) is 0 Å². The van der Waals surface area contributed by atoms with Gasteiger partial charge >= 0.3 is 0 Å². The molecule has 5 heteroatoms. The van der Waals surface area contributed by atoms with Gasteiger partial charge in [0.25, 0.3) is 0 Å². The average molecular weight is 302 g/mol. The number of piperazine rings is 1. The van der Waals surface area contributed by atoms with Gasteiger partial charge in [-0.2, -0.15) is 0 Å². The van der Waals surface area contributed by atoms with Crippen molar-refractivity contribution in [3.63, 3.8) is 0 Å². The first-order chi connectivity index (χ1) is 10.3. The number of nitrogens with one attached hydrogen (secondary N) is 1. The van der Waals surface area contributed by atoms with Crippen LogP contribution in [0.15, 0.2) is 29.8 Å². The van der Waals surface area contributed by atoms with E-state index >= 15 is 0 Å². The molecule has 1 saturated heterocycles. The van der Waals surface area contributed by atoms with Gasteiger partial charge in [-0.25, -0.2) is 4.98 Å². The molecule has 1 aromatic carbocycles. The lowest BCUT2D eigenvalue weighted by molar-refractivity contribution is 0.650. The number of nitrogens with zero attached hydrogens (tertiary/aromatic N) is 3. The Morgan fingerprint density at radius 2 is 1.95 bits per heavy atom. The van der Waals surface area contributed by atoms with Crippen LogP contribution < -0.4 is 15.1 Å². The molecular weight excluding hydrogens is 280 g/mol. The second-order valence-electron chi connectivity index (χ2n) is 5.44. The van der Waals surface area contributed by atoms with Crippen LogP contribution in [0.1, 0.15) is 11.1 Å². The van der Waals surface area contributed by atoms with Gasteiger partial charge in [0.2, 0.25) is 0 Å². The lowest BCUT2D eigenvalue weighted by atomic mass is 10.1. The molecule has 0 radical (unpaired) electrons. The molecule has 0 spiro atoms. The van der Waals surface area contributed by atoms with Crippen molar-refractivity contribution in [3.05, 3.63) is 40.9 Å². The van der Waals surface area contributed by atoms with E-state index in [-0.39, 0.29) is 0 Å². The van der Waals surface area contributed by atoms with Crippen LogP contribution in [-0.2, 0) is 6.54 Å². The number of hydrogen-bond donors (Lipinski definition) is 1. The van der Waals surface area contributed by atoms with E-state index in [4.69, 9.17) is 0 Å². The normalized spacial score (nSPS) is 15.5. The first kappa shape index (κ1) is 14.4. The number of anilines is 2. The summed E-state index contributed by atoms with van der Waals surface area (Å²) < 4.78 is 0. The van der Waals surface area contributed by atoms with Gasteiger partial charge in [-0.05, 0) is 31.2 Å². The molecule has 1 fully saturated rings. The van der Waals surface area contributed by atoms with Gasteiger partial charge in [-0.3, -0.25) is 0 Å². The predicted octanol–water partition coefficient (Wildman–Crippen LogP) is 2.50. The summed E-state index contributed by atoms with van der Waals surface area (Å²) in [7, 11) is 1.99. The van der Waals surface area contributed by atoms with Crippen molar-refractivity contribution in [1.82, 2.24) is 10.3 Å². The SMILES string of the molecule is CNCc1ccc(N2CCN(c3nccs3)CC2)c(C)c1. The highest BCUT2D eigenvalue weighted by atomic mass is 32.1. The van der Waals surface area contributed by atoms with Crippen molar-refractivity contribution in [2.45, 2.75) is 13.5 Å². The van der Waals surface area contributed by atoms with Gasteiger partial charge < -0.3 is 15.1 Å². The maximum Gasteiger partial charge on any atom is 0.185 e. The van der Waals surface area contributed by atoms with Crippen LogP contribution >= 0.6 is 11.3 Å². The Balaban J connectivity index is 1.66. The molecule has 112 valence electrons. The van der Waals surface area contributed by atoms with E-state index in [0.29, 0.717) is 0 Å². The van der Waals surface area contributed by atoms with Crippen molar-refractivity contribution in [1.29, 1.82) is 0 Å². The number of rotatable bonds is 4. The molecule has 1 aliphatic rings. The van der Waals surface area contributed by atoms with E-state index in [1.807, 2.05) is 18.6 Å². The molecule has 0 amide bonds. The van der Waals surface area contributed by atoms with Crippen molar-refractivity contribution in [2.24, 2.45) is 0 Å². The van der Waals surface area contributed by atoms with Crippen molar-refractivity contribution in [3.8, 4) is 0 Å². The summed E-state index contributed by atoms with van der Waals surface area (Å²) in [6.45, 7) is 7.36. The quantitative estimate of drug-likeness (QED) is 0.940. The third-order valence-electron chi connectivity index (χ3n) is 3.95. The molecule has 4 nitrogen and oxygen atoms in total. The minimum atomic E-state index is 0.930. The summed E-state index contributed by atoms with van der Waals surface area (Å²) in [6.07, 6.45) is 1.89. The maximum absolute atomic E-state index is 4.41. The number of aromatic nitrogens is 1. The summed E-state index contributed by atoms with van der Waals surface area (Å²) in [4.78, 5) is 9.28. The molecule has 1 aliphatic heterocycles. The number of hydrogen-bond acceptors (Lipinski definition) is 5.